The Labute approximate surface area is 67.5 Å². The summed E-state index contributed by atoms with van der Waals surface area (Å²) in [7, 11) is 0. The third-order valence-electron chi connectivity index (χ3n) is 2.97. The lowest BCUT2D eigenvalue weighted by Crippen LogP contribution is -2.11. The minimum atomic E-state index is 0.197. The highest BCUT2D eigenvalue weighted by Gasteiger charge is 2.39. The Kier molecular flexibility index (Phi) is 1.26. The summed E-state index contributed by atoms with van der Waals surface area (Å²) in [4.78, 5) is 11.4. The van der Waals surface area contributed by atoms with Gasteiger partial charge in [-0.05, 0) is 30.3 Å². The summed E-state index contributed by atoms with van der Waals surface area (Å²) in [5.74, 6) is 0.419. The van der Waals surface area contributed by atoms with Gasteiger partial charge in [0.15, 0.2) is 5.78 Å². The van der Waals surface area contributed by atoms with Crippen LogP contribution in [0.2, 0.25) is 0 Å². The van der Waals surface area contributed by atoms with E-state index in [-0.39, 0.29) is 5.41 Å². The van der Waals surface area contributed by atoms with Gasteiger partial charge in [0.2, 0.25) is 0 Å². The Morgan fingerprint density at radius 1 is 1.27 bits per heavy atom. The molecular weight excluding hydrogens is 136 g/mol. The molecule has 2 aliphatic rings. The van der Waals surface area contributed by atoms with Gasteiger partial charge in [0.1, 0.15) is 0 Å². The first-order chi connectivity index (χ1) is 5.11. The van der Waals surface area contributed by atoms with Crippen molar-refractivity contribution in [2.45, 2.75) is 39.5 Å². The van der Waals surface area contributed by atoms with Crippen LogP contribution in [0.4, 0.5) is 0 Å². The Bertz CT molecular complexity index is 246. The van der Waals surface area contributed by atoms with Gasteiger partial charge in [-0.2, -0.15) is 0 Å². The molecule has 11 heavy (non-hydrogen) atoms. The molecular formula is C10H14O. The second kappa shape index (κ2) is 1.96. The second-order valence-corrected chi connectivity index (χ2v) is 4.29. The fourth-order valence-electron chi connectivity index (χ4n) is 2.41. The van der Waals surface area contributed by atoms with Crippen molar-refractivity contribution in [3.63, 3.8) is 0 Å². The average molecular weight is 150 g/mol. The van der Waals surface area contributed by atoms with E-state index >= 15 is 0 Å². The van der Waals surface area contributed by atoms with Crippen LogP contribution >= 0.6 is 0 Å². The molecule has 1 heteroatoms. The maximum absolute atomic E-state index is 11.4. The molecule has 0 saturated heterocycles. The number of hydrogen-bond acceptors (Lipinski definition) is 1. The number of hydrogen-bond donors (Lipinski definition) is 0. The lowest BCUT2D eigenvalue weighted by atomic mass is 9.84. The van der Waals surface area contributed by atoms with E-state index in [9.17, 15) is 4.79 Å². The van der Waals surface area contributed by atoms with Crippen molar-refractivity contribution < 1.29 is 4.79 Å². The normalized spacial score (nSPS) is 28.0. The number of carbonyl (C=O) groups excluding carboxylic acids is 1. The zero-order valence-electron chi connectivity index (χ0n) is 7.24. The number of carbonyl (C=O) groups is 1. The molecule has 0 aromatic heterocycles. The summed E-state index contributed by atoms with van der Waals surface area (Å²) in [6, 6.07) is 0. The van der Waals surface area contributed by atoms with Gasteiger partial charge < -0.3 is 0 Å². The lowest BCUT2D eigenvalue weighted by molar-refractivity contribution is -0.116. The highest BCUT2D eigenvalue weighted by Crippen LogP contribution is 2.47. The molecule has 0 N–H and O–H groups in total. The minimum absolute atomic E-state index is 0.197. The van der Waals surface area contributed by atoms with Crippen molar-refractivity contribution in [1.29, 1.82) is 0 Å². The van der Waals surface area contributed by atoms with E-state index < -0.39 is 0 Å². The maximum Gasteiger partial charge on any atom is 0.159 e. The summed E-state index contributed by atoms with van der Waals surface area (Å²) in [5, 5.41) is 0. The predicted molar refractivity (Wildman–Crippen MR) is 44.3 cm³/mol. The van der Waals surface area contributed by atoms with Crippen molar-refractivity contribution in [2.24, 2.45) is 5.41 Å². The zero-order valence-corrected chi connectivity index (χ0v) is 7.24. The molecule has 0 aliphatic heterocycles. The molecule has 0 unspecified atom stereocenters. The number of Topliss-reactive ketones (excluding diaryl/α,β-unsaturated/α-hetero) is 1. The molecule has 0 bridgehead atoms. The molecule has 2 rings (SSSR count). The standard InChI is InChI=1S/C10H14O/c1-10(2)6-9(11)7-4-3-5-8(7)10/h3-6H2,1-2H3. The third kappa shape index (κ3) is 0.867. The van der Waals surface area contributed by atoms with Gasteiger partial charge in [0, 0.05) is 6.42 Å². The van der Waals surface area contributed by atoms with Crippen LogP contribution in [0.3, 0.4) is 0 Å². The van der Waals surface area contributed by atoms with Crippen LogP contribution in [0.1, 0.15) is 39.5 Å². The van der Waals surface area contributed by atoms with Crippen LogP contribution in [0.25, 0.3) is 0 Å². The average Bonchev–Trinajstić information content (AvgIpc) is 2.37. The lowest BCUT2D eigenvalue weighted by Gasteiger charge is -2.19. The van der Waals surface area contributed by atoms with Gasteiger partial charge in [-0.1, -0.05) is 19.4 Å². The number of ketones is 1. The SMILES string of the molecule is CC1(C)CC(=O)C2=C1CCC2. The highest BCUT2D eigenvalue weighted by atomic mass is 16.1. The van der Waals surface area contributed by atoms with E-state index in [1.54, 1.807) is 0 Å². The Morgan fingerprint density at radius 3 is 2.64 bits per heavy atom. The first-order valence-electron chi connectivity index (χ1n) is 4.37. The highest BCUT2D eigenvalue weighted by molar-refractivity contribution is 6.00. The van der Waals surface area contributed by atoms with Gasteiger partial charge in [0.25, 0.3) is 0 Å². The third-order valence-corrected chi connectivity index (χ3v) is 2.97. The van der Waals surface area contributed by atoms with Crippen LogP contribution in [0, 0.1) is 5.41 Å². The Morgan fingerprint density at radius 2 is 2.00 bits per heavy atom. The monoisotopic (exact) mass is 150 g/mol. The van der Waals surface area contributed by atoms with E-state index in [0.717, 1.165) is 12.8 Å². The van der Waals surface area contributed by atoms with E-state index in [1.807, 2.05) is 0 Å². The second-order valence-electron chi connectivity index (χ2n) is 4.29. The van der Waals surface area contributed by atoms with Crippen LogP contribution in [0.5, 0.6) is 0 Å². The quantitative estimate of drug-likeness (QED) is 0.518. The molecule has 0 aromatic carbocycles. The molecule has 0 spiro atoms. The summed E-state index contributed by atoms with van der Waals surface area (Å²) in [5.41, 5.74) is 2.83. The molecule has 60 valence electrons. The minimum Gasteiger partial charge on any atom is -0.295 e. The molecule has 0 radical (unpaired) electrons. The summed E-state index contributed by atoms with van der Waals surface area (Å²) in [6.07, 6.45) is 4.20. The topological polar surface area (TPSA) is 17.1 Å². The van der Waals surface area contributed by atoms with Crippen LogP contribution in [0.15, 0.2) is 11.1 Å². The van der Waals surface area contributed by atoms with E-state index in [1.165, 1.54) is 24.0 Å². The molecule has 0 heterocycles. The van der Waals surface area contributed by atoms with Gasteiger partial charge in [-0.25, -0.2) is 0 Å². The maximum atomic E-state index is 11.4. The van der Waals surface area contributed by atoms with Crippen molar-refractivity contribution >= 4 is 5.78 Å². The van der Waals surface area contributed by atoms with Crippen LogP contribution in [-0.2, 0) is 4.79 Å². The van der Waals surface area contributed by atoms with Crippen molar-refractivity contribution in [1.82, 2.24) is 0 Å². The summed E-state index contributed by atoms with van der Waals surface area (Å²) in [6.45, 7) is 4.39. The van der Waals surface area contributed by atoms with E-state index in [4.69, 9.17) is 0 Å². The van der Waals surface area contributed by atoms with Crippen molar-refractivity contribution in [3.05, 3.63) is 11.1 Å². The fourth-order valence-corrected chi connectivity index (χ4v) is 2.41. The molecule has 0 amide bonds. The molecule has 0 saturated carbocycles. The Hall–Kier alpha value is -0.590. The molecule has 1 nitrogen and oxygen atoms in total. The molecule has 2 aliphatic carbocycles. The summed E-state index contributed by atoms with van der Waals surface area (Å²) < 4.78 is 0. The van der Waals surface area contributed by atoms with Gasteiger partial charge in [0.05, 0.1) is 0 Å². The molecule has 0 fully saturated rings. The van der Waals surface area contributed by atoms with E-state index in [2.05, 4.69) is 13.8 Å². The predicted octanol–water partition coefficient (Wildman–Crippen LogP) is 2.47. The van der Waals surface area contributed by atoms with E-state index in [0.29, 0.717) is 5.78 Å². The Balaban J connectivity index is 2.43. The van der Waals surface area contributed by atoms with Crippen molar-refractivity contribution in [3.8, 4) is 0 Å². The van der Waals surface area contributed by atoms with Gasteiger partial charge in [-0.15, -0.1) is 0 Å². The zero-order chi connectivity index (χ0) is 8.06. The molecule has 0 aromatic rings. The number of rotatable bonds is 0. The first-order valence-corrected chi connectivity index (χ1v) is 4.37. The first kappa shape index (κ1) is 7.08. The largest absolute Gasteiger partial charge is 0.295 e. The van der Waals surface area contributed by atoms with Crippen molar-refractivity contribution in [2.75, 3.05) is 0 Å². The van der Waals surface area contributed by atoms with Crippen LogP contribution < -0.4 is 0 Å². The van der Waals surface area contributed by atoms with Gasteiger partial charge >= 0.3 is 0 Å². The van der Waals surface area contributed by atoms with Crippen LogP contribution in [-0.4, -0.2) is 5.78 Å². The number of allylic oxidation sites excluding steroid dienone is 2. The molecule has 0 atom stereocenters. The smallest absolute Gasteiger partial charge is 0.159 e. The van der Waals surface area contributed by atoms with Gasteiger partial charge in [-0.3, -0.25) is 4.79 Å². The summed E-state index contributed by atoms with van der Waals surface area (Å²) >= 11 is 0. The fraction of sp³-hybridized carbons (Fsp3) is 0.700.